The van der Waals surface area contributed by atoms with Crippen LogP contribution in [0.5, 0.6) is 5.75 Å². The molecule has 2 N–H and O–H groups in total. The molecule has 4 nitrogen and oxygen atoms in total. The molecule has 0 heterocycles. The van der Waals surface area contributed by atoms with Gasteiger partial charge in [-0.2, -0.15) is 0 Å². The van der Waals surface area contributed by atoms with Gasteiger partial charge >= 0.3 is 0 Å². The fourth-order valence-corrected chi connectivity index (χ4v) is 1.73. The van der Waals surface area contributed by atoms with E-state index in [4.69, 9.17) is 22.2 Å². The van der Waals surface area contributed by atoms with Gasteiger partial charge in [0.05, 0.1) is 7.11 Å². The van der Waals surface area contributed by atoms with Gasteiger partial charge in [0.15, 0.2) is 0 Å². The van der Waals surface area contributed by atoms with Crippen LogP contribution in [0.2, 0.25) is 5.02 Å². The number of nitrogens with two attached hydrogens (primary N) is 1. The number of nitrogens with zero attached hydrogens (tertiary/aromatic N) is 1. The maximum atomic E-state index is 11.3. The molecule has 0 saturated heterocycles. The minimum Gasteiger partial charge on any atom is -0.497 e. The Morgan fingerprint density at radius 3 is 2.76 bits per heavy atom. The number of carbonyl (C=O) groups is 1. The van der Waals surface area contributed by atoms with E-state index in [-0.39, 0.29) is 5.91 Å². The Hall–Kier alpha value is -1.26. The zero-order chi connectivity index (χ0) is 12.8. The fourth-order valence-electron chi connectivity index (χ4n) is 1.46. The third-order valence-electron chi connectivity index (χ3n) is 2.49. The molecule has 5 heteroatoms. The average molecular weight is 257 g/mol. The van der Waals surface area contributed by atoms with E-state index in [2.05, 4.69) is 0 Å². The summed E-state index contributed by atoms with van der Waals surface area (Å²) < 4.78 is 5.06. The summed E-state index contributed by atoms with van der Waals surface area (Å²) in [5.74, 6) is 5.98. The first-order valence-electron chi connectivity index (χ1n) is 5.38. The van der Waals surface area contributed by atoms with E-state index in [1.165, 1.54) is 0 Å². The maximum absolute atomic E-state index is 11.3. The van der Waals surface area contributed by atoms with Crippen molar-refractivity contribution < 1.29 is 9.53 Å². The smallest absolute Gasteiger partial charge is 0.236 e. The van der Waals surface area contributed by atoms with Crippen LogP contribution < -0.4 is 10.6 Å². The molecule has 0 aliphatic rings. The standard InChI is InChI=1S/C12H17ClN2O2/c1-15(14)12(16)5-3-4-9-6-7-10(17-2)8-11(9)13/h6-8H,3-5,14H2,1-2H3. The van der Waals surface area contributed by atoms with Crippen molar-refractivity contribution in [3.63, 3.8) is 0 Å². The van der Waals surface area contributed by atoms with Crippen molar-refractivity contribution in [3.05, 3.63) is 28.8 Å². The minimum absolute atomic E-state index is 0.0744. The van der Waals surface area contributed by atoms with Crippen LogP contribution in [0.4, 0.5) is 0 Å². The van der Waals surface area contributed by atoms with Crippen molar-refractivity contribution in [2.24, 2.45) is 5.84 Å². The van der Waals surface area contributed by atoms with Crippen molar-refractivity contribution in [1.29, 1.82) is 0 Å². The summed E-state index contributed by atoms with van der Waals surface area (Å²) in [4.78, 5) is 11.3. The number of methoxy groups -OCH3 is 1. The molecule has 0 aliphatic heterocycles. The third kappa shape index (κ3) is 4.24. The number of halogens is 1. The van der Waals surface area contributed by atoms with Crippen LogP contribution in [0.15, 0.2) is 18.2 Å². The lowest BCUT2D eigenvalue weighted by atomic mass is 10.1. The molecular formula is C12H17ClN2O2. The quantitative estimate of drug-likeness (QED) is 0.498. The fraction of sp³-hybridized carbons (Fsp3) is 0.417. The zero-order valence-electron chi connectivity index (χ0n) is 10.1. The van der Waals surface area contributed by atoms with Crippen LogP contribution in [0, 0.1) is 0 Å². The van der Waals surface area contributed by atoms with Gasteiger partial charge in [-0.3, -0.25) is 9.80 Å². The SMILES string of the molecule is COc1ccc(CCCC(=O)N(C)N)c(Cl)c1. The number of aryl methyl sites for hydroxylation is 1. The first-order valence-corrected chi connectivity index (χ1v) is 5.76. The van der Waals surface area contributed by atoms with E-state index in [1.807, 2.05) is 12.1 Å². The zero-order valence-corrected chi connectivity index (χ0v) is 10.8. The minimum atomic E-state index is -0.0744. The van der Waals surface area contributed by atoms with E-state index in [0.29, 0.717) is 11.4 Å². The van der Waals surface area contributed by atoms with E-state index in [9.17, 15) is 4.79 Å². The Labute approximate surface area is 106 Å². The lowest BCUT2D eigenvalue weighted by Gasteiger charge is -2.10. The van der Waals surface area contributed by atoms with Gasteiger partial charge in [0, 0.05) is 18.5 Å². The summed E-state index contributed by atoms with van der Waals surface area (Å²) in [6.45, 7) is 0. The molecule has 17 heavy (non-hydrogen) atoms. The van der Waals surface area contributed by atoms with Gasteiger partial charge in [-0.15, -0.1) is 0 Å². The van der Waals surface area contributed by atoms with Gasteiger partial charge in [-0.1, -0.05) is 17.7 Å². The predicted molar refractivity (Wildman–Crippen MR) is 67.9 cm³/mol. The van der Waals surface area contributed by atoms with E-state index >= 15 is 0 Å². The summed E-state index contributed by atoms with van der Waals surface area (Å²) in [7, 11) is 3.14. The van der Waals surface area contributed by atoms with Crippen molar-refractivity contribution >= 4 is 17.5 Å². The average Bonchev–Trinajstić information content (AvgIpc) is 2.30. The largest absolute Gasteiger partial charge is 0.497 e. The van der Waals surface area contributed by atoms with Crippen LogP contribution in [-0.4, -0.2) is 25.1 Å². The second-order valence-corrected chi connectivity index (χ2v) is 4.22. The molecule has 0 aliphatic carbocycles. The Morgan fingerprint density at radius 2 is 2.24 bits per heavy atom. The number of hydrogen-bond acceptors (Lipinski definition) is 3. The van der Waals surface area contributed by atoms with E-state index in [0.717, 1.165) is 29.2 Å². The Bertz CT molecular complexity index is 394. The molecule has 1 rings (SSSR count). The van der Waals surface area contributed by atoms with Crippen molar-refractivity contribution in [2.45, 2.75) is 19.3 Å². The van der Waals surface area contributed by atoms with Crippen molar-refractivity contribution in [1.82, 2.24) is 5.01 Å². The van der Waals surface area contributed by atoms with Crippen molar-refractivity contribution in [2.75, 3.05) is 14.2 Å². The van der Waals surface area contributed by atoms with Crippen LogP contribution >= 0.6 is 11.6 Å². The summed E-state index contributed by atoms with van der Waals surface area (Å²) in [6, 6.07) is 5.55. The highest BCUT2D eigenvalue weighted by molar-refractivity contribution is 6.31. The lowest BCUT2D eigenvalue weighted by Crippen LogP contribution is -2.32. The van der Waals surface area contributed by atoms with Crippen molar-refractivity contribution in [3.8, 4) is 5.75 Å². The second kappa shape index (κ2) is 6.47. The van der Waals surface area contributed by atoms with Crippen LogP contribution in [-0.2, 0) is 11.2 Å². The molecule has 0 saturated carbocycles. The molecule has 0 bridgehead atoms. The summed E-state index contributed by atoms with van der Waals surface area (Å²) in [6.07, 6.45) is 1.91. The molecule has 0 radical (unpaired) electrons. The topological polar surface area (TPSA) is 55.6 Å². The Kier molecular flexibility index (Phi) is 5.25. The van der Waals surface area contributed by atoms with Gasteiger partial charge in [0.1, 0.15) is 5.75 Å². The molecule has 0 spiro atoms. The highest BCUT2D eigenvalue weighted by atomic mass is 35.5. The number of benzene rings is 1. The predicted octanol–water partition coefficient (Wildman–Crippen LogP) is 2.00. The molecule has 0 fully saturated rings. The van der Waals surface area contributed by atoms with Gasteiger partial charge < -0.3 is 4.74 Å². The Balaban J connectivity index is 2.50. The van der Waals surface area contributed by atoms with Gasteiger partial charge in [-0.25, -0.2) is 5.84 Å². The molecule has 1 amide bonds. The first-order chi connectivity index (χ1) is 8.04. The van der Waals surface area contributed by atoms with Gasteiger partial charge in [0.25, 0.3) is 0 Å². The molecule has 0 atom stereocenters. The molecule has 0 aromatic heterocycles. The number of amides is 1. The maximum Gasteiger partial charge on any atom is 0.236 e. The highest BCUT2D eigenvalue weighted by Crippen LogP contribution is 2.23. The second-order valence-electron chi connectivity index (χ2n) is 3.82. The number of ether oxygens (including phenoxy) is 1. The molecular weight excluding hydrogens is 240 g/mol. The Morgan fingerprint density at radius 1 is 1.53 bits per heavy atom. The van der Waals surface area contributed by atoms with Gasteiger partial charge in [-0.05, 0) is 30.5 Å². The molecule has 0 unspecified atom stereocenters. The third-order valence-corrected chi connectivity index (χ3v) is 2.84. The molecule has 1 aromatic rings. The normalized spacial score (nSPS) is 10.1. The summed E-state index contributed by atoms with van der Waals surface area (Å²) >= 11 is 6.09. The van der Waals surface area contributed by atoms with Crippen LogP contribution in [0.3, 0.4) is 0 Å². The summed E-state index contributed by atoms with van der Waals surface area (Å²) in [5, 5.41) is 1.77. The van der Waals surface area contributed by atoms with Crippen LogP contribution in [0.25, 0.3) is 0 Å². The van der Waals surface area contributed by atoms with Gasteiger partial charge in [0.2, 0.25) is 5.91 Å². The highest BCUT2D eigenvalue weighted by Gasteiger charge is 2.06. The molecule has 94 valence electrons. The summed E-state index contributed by atoms with van der Waals surface area (Å²) in [5.41, 5.74) is 1.01. The number of hydrogen-bond donors (Lipinski definition) is 1. The van der Waals surface area contributed by atoms with Crippen LogP contribution in [0.1, 0.15) is 18.4 Å². The number of carbonyl (C=O) groups excluding carboxylic acids is 1. The lowest BCUT2D eigenvalue weighted by molar-refractivity contribution is -0.130. The number of hydrazine groups is 1. The van der Waals surface area contributed by atoms with E-state index < -0.39 is 0 Å². The van der Waals surface area contributed by atoms with E-state index in [1.54, 1.807) is 20.2 Å². The number of rotatable bonds is 5. The first kappa shape index (κ1) is 13.8. The monoisotopic (exact) mass is 256 g/mol. The molecule has 1 aromatic carbocycles.